The van der Waals surface area contributed by atoms with E-state index < -0.39 is 11.9 Å². The molecule has 120 valence electrons. The summed E-state index contributed by atoms with van der Waals surface area (Å²) < 4.78 is 23.2. The number of carbonyl (C=O) groups is 1. The van der Waals surface area contributed by atoms with Crippen molar-refractivity contribution in [3.05, 3.63) is 0 Å². The quantitative estimate of drug-likeness (QED) is 0.732. The standard InChI is InChI=1S/C16H26O5/c1-9-5-6-13-10(2)14(18-4)21-15(20-11(3)17)16(13)12(9)7-8-19-16/h9-10,12-15H,5-8H2,1-4H3/t9-,10-,12+,13?,14+,15+,16-/m1/s1. The SMILES string of the molecule is CO[C@H]1O[C@H](OC(C)=O)[C@@]23OCC[C@H]2[C@H](C)CCC3[C@H]1C. The number of hydrogen-bond acceptors (Lipinski definition) is 5. The van der Waals surface area contributed by atoms with Crippen molar-refractivity contribution in [2.75, 3.05) is 13.7 Å². The van der Waals surface area contributed by atoms with Crippen molar-refractivity contribution < 1.29 is 23.7 Å². The topological polar surface area (TPSA) is 54.0 Å². The Hall–Kier alpha value is -0.650. The number of hydrogen-bond donors (Lipinski definition) is 0. The summed E-state index contributed by atoms with van der Waals surface area (Å²) in [7, 11) is 1.64. The van der Waals surface area contributed by atoms with Crippen molar-refractivity contribution in [3.8, 4) is 0 Å². The van der Waals surface area contributed by atoms with E-state index in [2.05, 4.69) is 13.8 Å². The molecule has 1 saturated carbocycles. The first-order valence-electron chi connectivity index (χ1n) is 8.00. The lowest BCUT2D eigenvalue weighted by Crippen LogP contribution is -2.66. The van der Waals surface area contributed by atoms with E-state index in [1.54, 1.807) is 7.11 Å². The Bertz CT molecular complexity index is 411. The summed E-state index contributed by atoms with van der Waals surface area (Å²) in [6.07, 6.45) is 2.27. The maximum Gasteiger partial charge on any atom is 0.305 e. The van der Waals surface area contributed by atoms with Crippen molar-refractivity contribution in [1.29, 1.82) is 0 Å². The first-order chi connectivity index (χ1) is 10.0. The van der Waals surface area contributed by atoms with Crippen LogP contribution >= 0.6 is 0 Å². The number of ether oxygens (including phenoxy) is 4. The highest BCUT2D eigenvalue weighted by atomic mass is 16.8. The van der Waals surface area contributed by atoms with Gasteiger partial charge in [0.25, 0.3) is 0 Å². The number of esters is 1. The van der Waals surface area contributed by atoms with Crippen LogP contribution in [0.15, 0.2) is 0 Å². The summed E-state index contributed by atoms with van der Waals surface area (Å²) in [6, 6.07) is 0. The molecule has 3 aliphatic rings. The van der Waals surface area contributed by atoms with E-state index in [0.717, 1.165) is 19.4 Å². The Morgan fingerprint density at radius 3 is 2.62 bits per heavy atom. The number of rotatable bonds is 2. The maximum absolute atomic E-state index is 11.5. The Labute approximate surface area is 126 Å². The fourth-order valence-electron chi connectivity index (χ4n) is 4.85. The van der Waals surface area contributed by atoms with Crippen molar-refractivity contribution in [2.24, 2.45) is 23.7 Å². The summed E-state index contributed by atoms with van der Waals surface area (Å²) in [5, 5.41) is 0. The predicted octanol–water partition coefficient (Wildman–Crippen LogP) is 2.34. The molecule has 21 heavy (non-hydrogen) atoms. The molecule has 5 heteroatoms. The number of methoxy groups -OCH3 is 1. The van der Waals surface area contributed by atoms with E-state index in [0.29, 0.717) is 17.8 Å². The van der Waals surface area contributed by atoms with Gasteiger partial charge in [-0.3, -0.25) is 4.79 Å². The minimum absolute atomic E-state index is 0.231. The molecule has 0 aromatic rings. The molecule has 3 rings (SSSR count). The average molecular weight is 298 g/mol. The van der Waals surface area contributed by atoms with Crippen molar-refractivity contribution >= 4 is 5.97 Å². The molecule has 0 radical (unpaired) electrons. The Balaban J connectivity index is 1.99. The second-order valence-electron chi connectivity index (χ2n) is 6.80. The molecule has 2 saturated heterocycles. The van der Waals surface area contributed by atoms with Crippen LogP contribution in [0.3, 0.4) is 0 Å². The maximum atomic E-state index is 11.5. The molecule has 0 bridgehead atoms. The van der Waals surface area contributed by atoms with E-state index in [9.17, 15) is 4.79 Å². The third-order valence-corrected chi connectivity index (χ3v) is 5.76. The molecular formula is C16H26O5. The summed E-state index contributed by atoms with van der Waals surface area (Å²) in [6.45, 7) is 6.57. The van der Waals surface area contributed by atoms with E-state index >= 15 is 0 Å². The van der Waals surface area contributed by atoms with E-state index in [1.807, 2.05) is 0 Å². The zero-order valence-corrected chi connectivity index (χ0v) is 13.3. The van der Waals surface area contributed by atoms with Crippen LogP contribution in [0, 0.1) is 23.7 Å². The van der Waals surface area contributed by atoms with Gasteiger partial charge in [-0.05, 0) is 31.1 Å². The van der Waals surface area contributed by atoms with Crippen LogP contribution in [0.1, 0.15) is 40.0 Å². The molecule has 1 aliphatic carbocycles. The zero-order chi connectivity index (χ0) is 15.2. The van der Waals surface area contributed by atoms with Crippen LogP contribution in [0.4, 0.5) is 0 Å². The Kier molecular flexibility index (Phi) is 4.01. The van der Waals surface area contributed by atoms with E-state index in [1.165, 1.54) is 13.3 Å². The van der Waals surface area contributed by atoms with Gasteiger partial charge in [0, 0.05) is 32.5 Å². The van der Waals surface area contributed by atoms with Crippen LogP contribution in [0.2, 0.25) is 0 Å². The van der Waals surface area contributed by atoms with Crippen LogP contribution in [0.5, 0.6) is 0 Å². The molecule has 1 unspecified atom stereocenters. The first-order valence-corrected chi connectivity index (χ1v) is 8.00. The lowest BCUT2D eigenvalue weighted by Gasteiger charge is -2.56. The predicted molar refractivity (Wildman–Crippen MR) is 75.3 cm³/mol. The highest BCUT2D eigenvalue weighted by molar-refractivity contribution is 5.66. The molecule has 0 aromatic heterocycles. The lowest BCUT2D eigenvalue weighted by molar-refractivity contribution is -0.364. The van der Waals surface area contributed by atoms with Crippen LogP contribution in [-0.2, 0) is 23.7 Å². The molecule has 2 heterocycles. The van der Waals surface area contributed by atoms with Gasteiger partial charge >= 0.3 is 5.97 Å². The number of carbonyl (C=O) groups excluding carboxylic acids is 1. The van der Waals surface area contributed by atoms with Crippen molar-refractivity contribution in [3.63, 3.8) is 0 Å². The van der Waals surface area contributed by atoms with Gasteiger partial charge in [0.2, 0.25) is 6.29 Å². The molecule has 3 fully saturated rings. The molecule has 7 atom stereocenters. The second kappa shape index (κ2) is 5.52. The van der Waals surface area contributed by atoms with Gasteiger partial charge in [0.15, 0.2) is 6.29 Å². The monoisotopic (exact) mass is 298 g/mol. The second-order valence-corrected chi connectivity index (χ2v) is 6.80. The fourth-order valence-corrected chi connectivity index (χ4v) is 4.85. The third-order valence-electron chi connectivity index (χ3n) is 5.76. The largest absolute Gasteiger partial charge is 0.433 e. The minimum Gasteiger partial charge on any atom is -0.433 e. The van der Waals surface area contributed by atoms with Crippen LogP contribution in [0.25, 0.3) is 0 Å². The summed E-state index contributed by atoms with van der Waals surface area (Å²) in [5.74, 6) is 1.17. The molecule has 2 aliphatic heterocycles. The van der Waals surface area contributed by atoms with Gasteiger partial charge in [0.1, 0.15) is 5.60 Å². The molecule has 1 spiro atoms. The normalized spacial score (nSPS) is 49.3. The molecule has 0 amide bonds. The molecular weight excluding hydrogens is 272 g/mol. The molecule has 0 aromatic carbocycles. The Morgan fingerprint density at radius 1 is 1.19 bits per heavy atom. The first kappa shape index (κ1) is 15.3. The van der Waals surface area contributed by atoms with Gasteiger partial charge in [-0.15, -0.1) is 0 Å². The molecule has 0 N–H and O–H groups in total. The fraction of sp³-hybridized carbons (Fsp3) is 0.938. The lowest BCUT2D eigenvalue weighted by atomic mass is 9.59. The highest BCUT2D eigenvalue weighted by Crippen LogP contribution is 2.57. The van der Waals surface area contributed by atoms with Gasteiger partial charge in [-0.25, -0.2) is 0 Å². The van der Waals surface area contributed by atoms with Crippen LogP contribution < -0.4 is 0 Å². The van der Waals surface area contributed by atoms with E-state index in [4.69, 9.17) is 18.9 Å². The summed E-state index contributed by atoms with van der Waals surface area (Å²) in [5.41, 5.74) is -0.488. The van der Waals surface area contributed by atoms with Gasteiger partial charge in [-0.1, -0.05) is 13.8 Å². The third kappa shape index (κ3) is 2.21. The van der Waals surface area contributed by atoms with Crippen molar-refractivity contribution in [1.82, 2.24) is 0 Å². The summed E-state index contributed by atoms with van der Waals surface area (Å²) >= 11 is 0. The van der Waals surface area contributed by atoms with Gasteiger partial charge in [-0.2, -0.15) is 0 Å². The van der Waals surface area contributed by atoms with Crippen LogP contribution in [-0.4, -0.2) is 37.9 Å². The summed E-state index contributed by atoms with van der Waals surface area (Å²) in [4.78, 5) is 11.5. The van der Waals surface area contributed by atoms with Crippen molar-refractivity contribution in [2.45, 2.75) is 58.2 Å². The van der Waals surface area contributed by atoms with E-state index in [-0.39, 0.29) is 18.2 Å². The smallest absolute Gasteiger partial charge is 0.305 e. The molecule has 5 nitrogen and oxygen atoms in total. The van der Waals surface area contributed by atoms with Gasteiger partial charge in [0.05, 0.1) is 0 Å². The zero-order valence-electron chi connectivity index (χ0n) is 13.3. The minimum atomic E-state index is -0.656. The average Bonchev–Trinajstić information content (AvgIpc) is 2.88. The van der Waals surface area contributed by atoms with Gasteiger partial charge < -0.3 is 18.9 Å². The Morgan fingerprint density at radius 2 is 1.95 bits per heavy atom. The highest BCUT2D eigenvalue weighted by Gasteiger charge is 2.65.